The normalized spacial score (nSPS) is 16.9. The summed E-state index contributed by atoms with van der Waals surface area (Å²) in [6, 6.07) is 3.52. The Balaban J connectivity index is 2.17. The van der Waals surface area contributed by atoms with Crippen LogP contribution < -0.4 is 5.32 Å². The number of anilines is 1. The standard InChI is InChI=1S/C14H21ClN4O/c1-3-16-12-6-5-11(15)13(17-12)14(20)19-8-4-7-18(2)9-10-19/h5-6H,3-4,7-10H2,1-2H3,(H,16,17). The van der Waals surface area contributed by atoms with Crippen molar-refractivity contribution in [3.05, 3.63) is 22.8 Å². The van der Waals surface area contributed by atoms with E-state index in [2.05, 4.69) is 22.2 Å². The summed E-state index contributed by atoms with van der Waals surface area (Å²) < 4.78 is 0. The van der Waals surface area contributed by atoms with Gasteiger partial charge in [0.15, 0.2) is 0 Å². The highest BCUT2D eigenvalue weighted by atomic mass is 35.5. The Bertz CT molecular complexity index is 480. The minimum Gasteiger partial charge on any atom is -0.370 e. The van der Waals surface area contributed by atoms with Crippen molar-refractivity contribution in [1.82, 2.24) is 14.8 Å². The van der Waals surface area contributed by atoms with Crippen LogP contribution in [0, 0.1) is 0 Å². The molecule has 1 aromatic heterocycles. The SMILES string of the molecule is CCNc1ccc(Cl)c(C(=O)N2CCCN(C)CC2)n1. The van der Waals surface area contributed by atoms with Crippen molar-refractivity contribution in [3.63, 3.8) is 0 Å². The highest BCUT2D eigenvalue weighted by Gasteiger charge is 2.22. The summed E-state index contributed by atoms with van der Waals surface area (Å²) in [5.41, 5.74) is 0.342. The number of amides is 1. The molecule has 20 heavy (non-hydrogen) atoms. The van der Waals surface area contributed by atoms with Gasteiger partial charge in [-0.15, -0.1) is 0 Å². The van der Waals surface area contributed by atoms with Gasteiger partial charge in [-0.1, -0.05) is 11.6 Å². The van der Waals surface area contributed by atoms with Crippen molar-refractivity contribution >= 4 is 23.3 Å². The third kappa shape index (κ3) is 3.61. The number of carbonyl (C=O) groups is 1. The van der Waals surface area contributed by atoms with Crippen molar-refractivity contribution in [2.45, 2.75) is 13.3 Å². The minimum absolute atomic E-state index is 0.0787. The molecule has 1 aliphatic heterocycles. The summed E-state index contributed by atoms with van der Waals surface area (Å²) in [5.74, 6) is 0.609. The molecule has 5 nitrogen and oxygen atoms in total. The van der Waals surface area contributed by atoms with E-state index in [9.17, 15) is 4.79 Å². The molecule has 1 fully saturated rings. The molecule has 0 radical (unpaired) electrons. The number of hydrogen-bond donors (Lipinski definition) is 1. The molecule has 0 saturated carbocycles. The fourth-order valence-corrected chi connectivity index (χ4v) is 2.46. The van der Waals surface area contributed by atoms with Gasteiger partial charge < -0.3 is 15.1 Å². The molecule has 110 valence electrons. The van der Waals surface area contributed by atoms with Crippen molar-refractivity contribution in [2.75, 3.05) is 45.1 Å². The van der Waals surface area contributed by atoms with Gasteiger partial charge in [0.05, 0.1) is 5.02 Å². The lowest BCUT2D eigenvalue weighted by Crippen LogP contribution is -2.35. The lowest BCUT2D eigenvalue weighted by molar-refractivity contribution is 0.0757. The van der Waals surface area contributed by atoms with Gasteiger partial charge in [-0.25, -0.2) is 4.98 Å². The van der Waals surface area contributed by atoms with Crippen LogP contribution in [-0.4, -0.2) is 60.5 Å². The highest BCUT2D eigenvalue weighted by molar-refractivity contribution is 6.33. The number of nitrogens with one attached hydrogen (secondary N) is 1. The quantitative estimate of drug-likeness (QED) is 0.926. The first-order valence-electron chi connectivity index (χ1n) is 7.00. The predicted octanol–water partition coefficient (Wildman–Crippen LogP) is 1.94. The maximum absolute atomic E-state index is 12.6. The van der Waals surface area contributed by atoms with E-state index in [0.717, 1.165) is 39.1 Å². The van der Waals surface area contributed by atoms with Crippen LogP contribution in [0.4, 0.5) is 5.82 Å². The van der Waals surface area contributed by atoms with Crippen molar-refractivity contribution < 1.29 is 4.79 Å². The Morgan fingerprint density at radius 3 is 2.90 bits per heavy atom. The summed E-state index contributed by atoms with van der Waals surface area (Å²) in [5, 5.41) is 3.51. The van der Waals surface area contributed by atoms with Crippen molar-refractivity contribution in [3.8, 4) is 0 Å². The first-order valence-corrected chi connectivity index (χ1v) is 7.38. The summed E-state index contributed by atoms with van der Waals surface area (Å²) in [6.07, 6.45) is 0.979. The number of likely N-dealkylation sites (N-methyl/N-ethyl adjacent to an activating group) is 1. The summed E-state index contributed by atoms with van der Waals surface area (Å²) in [4.78, 5) is 21.0. The Labute approximate surface area is 124 Å². The van der Waals surface area contributed by atoms with Crippen LogP contribution in [0.3, 0.4) is 0 Å². The Morgan fingerprint density at radius 1 is 1.35 bits per heavy atom. The van der Waals surface area contributed by atoms with Gasteiger partial charge >= 0.3 is 0 Å². The highest BCUT2D eigenvalue weighted by Crippen LogP contribution is 2.19. The molecule has 0 bridgehead atoms. The number of rotatable bonds is 3. The molecule has 1 aliphatic rings. The maximum Gasteiger partial charge on any atom is 0.274 e. The van der Waals surface area contributed by atoms with Gasteiger partial charge in [-0.05, 0) is 39.1 Å². The zero-order valence-corrected chi connectivity index (χ0v) is 12.8. The van der Waals surface area contributed by atoms with E-state index >= 15 is 0 Å². The van der Waals surface area contributed by atoms with E-state index < -0.39 is 0 Å². The number of pyridine rings is 1. The second-order valence-corrected chi connectivity index (χ2v) is 5.41. The minimum atomic E-state index is -0.0787. The van der Waals surface area contributed by atoms with Crippen LogP contribution in [0.5, 0.6) is 0 Å². The average molecular weight is 297 g/mol. The third-order valence-electron chi connectivity index (χ3n) is 3.41. The Morgan fingerprint density at radius 2 is 2.15 bits per heavy atom. The fraction of sp³-hybridized carbons (Fsp3) is 0.571. The molecular weight excluding hydrogens is 276 g/mol. The van der Waals surface area contributed by atoms with Crippen LogP contribution in [0.1, 0.15) is 23.8 Å². The van der Waals surface area contributed by atoms with Gasteiger partial charge in [0, 0.05) is 26.2 Å². The van der Waals surface area contributed by atoms with Gasteiger partial charge in [0.2, 0.25) is 0 Å². The number of halogens is 1. The van der Waals surface area contributed by atoms with Crippen LogP contribution in [-0.2, 0) is 0 Å². The van der Waals surface area contributed by atoms with Crippen molar-refractivity contribution in [2.24, 2.45) is 0 Å². The van der Waals surface area contributed by atoms with E-state index in [1.807, 2.05) is 11.8 Å². The van der Waals surface area contributed by atoms with Crippen LogP contribution in [0.25, 0.3) is 0 Å². The van der Waals surface area contributed by atoms with E-state index in [-0.39, 0.29) is 5.91 Å². The second kappa shape index (κ2) is 6.90. The van der Waals surface area contributed by atoms with Gasteiger partial charge in [-0.3, -0.25) is 4.79 Å². The molecule has 0 spiro atoms. The third-order valence-corrected chi connectivity index (χ3v) is 3.72. The Hall–Kier alpha value is -1.33. The molecule has 0 aliphatic carbocycles. The van der Waals surface area contributed by atoms with E-state index in [0.29, 0.717) is 16.5 Å². The topological polar surface area (TPSA) is 48.5 Å². The van der Waals surface area contributed by atoms with Crippen LogP contribution in [0.15, 0.2) is 12.1 Å². The molecule has 1 N–H and O–H groups in total. The molecule has 1 aromatic rings. The summed E-state index contributed by atoms with van der Waals surface area (Å²) in [7, 11) is 2.07. The number of carbonyl (C=O) groups excluding carboxylic acids is 1. The molecule has 0 unspecified atom stereocenters. The number of aromatic nitrogens is 1. The van der Waals surface area contributed by atoms with Crippen LogP contribution >= 0.6 is 11.6 Å². The number of nitrogens with zero attached hydrogens (tertiary/aromatic N) is 3. The van der Waals surface area contributed by atoms with Crippen LogP contribution in [0.2, 0.25) is 5.02 Å². The largest absolute Gasteiger partial charge is 0.370 e. The zero-order valence-electron chi connectivity index (χ0n) is 12.0. The zero-order chi connectivity index (χ0) is 14.5. The molecule has 1 amide bonds. The first-order chi connectivity index (χ1) is 9.61. The lowest BCUT2D eigenvalue weighted by atomic mass is 10.3. The predicted molar refractivity (Wildman–Crippen MR) is 81.4 cm³/mol. The molecule has 0 aromatic carbocycles. The monoisotopic (exact) mass is 296 g/mol. The fourth-order valence-electron chi connectivity index (χ4n) is 2.27. The molecular formula is C14H21ClN4O. The average Bonchev–Trinajstić information content (AvgIpc) is 2.65. The second-order valence-electron chi connectivity index (χ2n) is 5.01. The smallest absolute Gasteiger partial charge is 0.274 e. The van der Waals surface area contributed by atoms with E-state index in [4.69, 9.17) is 11.6 Å². The lowest BCUT2D eigenvalue weighted by Gasteiger charge is -2.20. The number of hydrogen-bond acceptors (Lipinski definition) is 4. The van der Waals surface area contributed by atoms with Gasteiger partial charge in [0.25, 0.3) is 5.91 Å². The molecule has 6 heteroatoms. The first kappa shape index (κ1) is 15.1. The maximum atomic E-state index is 12.6. The summed E-state index contributed by atoms with van der Waals surface area (Å²) in [6.45, 7) is 6.13. The molecule has 2 heterocycles. The molecule has 0 atom stereocenters. The van der Waals surface area contributed by atoms with Gasteiger partial charge in [-0.2, -0.15) is 0 Å². The van der Waals surface area contributed by atoms with Gasteiger partial charge in [0.1, 0.15) is 11.5 Å². The summed E-state index contributed by atoms with van der Waals surface area (Å²) >= 11 is 6.13. The van der Waals surface area contributed by atoms with E-state index in [1.54, 1.807) is 12.1 Å². The van der Waals surface area contributed by atoms with E-state index in [1.165, 1.54) is 0 Å². The Kier molecular flexibility index (Phi) is 5.20. The molecule has 1 saturated heterocycles. The van der Waals surface area contributed by atoms with Crippen molar-refractivity contribution in [1.29, 1.82) is 0 Å². The molecule has 2 rings (SSSR count).